The van der Waals surface area contributed by atoms with Gasteiger partial charge in [0.15, 0.2) is 0 Å². The van der Waals surface area contributed by atoms with Crippen LogP contribution in [0, 0.1) is 0 Å². The third kappa shape index (κ3) is 5.01. The summed E-state index contributed by atoms with van der Waals surface area (Å²) < 4.78 is 50.5. The summed E-state index contributed by atoms with van der Waals surface area (Å²) >= 11 is 9.84. The van der Waals surface area contributed by atoms with Gasteiger partial charge in [-0.05, 0) is 22.5 Å². The molecule has 0 saturated carbocycles. The van der Waals surface area contributed by atoms with E-state index in [-0.39, 0.29) is 0 Å². The molecule has 0 atom stereocenters. The highest BCUT2D eigenvalue weighted by Gasteiger charge is 2.41. The van der Waals surface area contributed by atoms with Gasteiger partial charge in [0, 0.05) is 0 Å². The average Bonchev–Trinajstić information content (AvgIpc) is 1.84. The first kappa shape index (κ1) is 11.7. The van der Waals surface area contributed by atoms with E-state index >= 15 is 0 Å². The van der Waals surface area contributed by atoms with Crippen LogP contribution in [0.25, 0.3) is 0 Å². The minimum atomic E-state index is -4.18. The lowest BCUT2D eigenvalue weighted by atomic mass is 10.4. The third-order valence-electron chi connectivity index (χ3n) is 0.674. The van der Waals surface area contributed by atoms with Crippen molar-refractivity contribution in [1.82, 2.24) is 0 Å². The van der Waals surface area contributed by atoms with Crippen molar-refractivity contribution in [2.75, 3.05) is 6.61 Å². The van der Waals surface area contributed by atoms with Gasteiger partial charge in [-0.2, -0.15) is 8.78 Å². The van der Waals surface area contributed by atoms with E-state index in [1.54, 1.807) is 0 Å². The largest absolute Gasteiger partial charge is 0.330 e. The van der Waals surface area contributed by atoms with Crippen LogP contribution in [0.3, 0.4) is 0 Å². The van der Waals surface area contributed by atoms with Crippen molar-refractivity contribution in [3.05, 3.63) is 0 Å². The maximum absolute atomic E-state index is 11.9. The van der Waals surface area contributed by atoms with Gasteiger partial charge in [-0.1, -0.05) is 0 Å². The Bertz CT molecular complexity index is 122. The molecule has 0 aromatic heterocycles. The number of hydrogen-bond donors (Lipinski definition) is 0. The molecular weight excluding hydrogens is 230 g/mol. The fourth-order valence-electron chi connectivity index (χ4n) is 0.198. The van der Waals surface area contributed by atoms with Gasteiger partial charge < -0.3 is 4.52 Å². The van der Waals surface area contributed by atoms with E-state index in [9.17, 15) is 17.6 Å². The highest BCUT2D eigenvalue weighted by Crippen LogP contribution is 2.48. The summed E-state index contributed by atoms with van der Waals surface area (Å²) in [5, 5.41) is 0. The van der Waals surface area contributed by atoms with E-state index in [0.29, 0.717) is 0 Å². The molecule has 0 rings (SSSR count). The Hall–Kier alpha value is 0.690. The molecule has 0 aliphatic rings. The number of rotatable bonds is 4. The van der Waals surface area contributed by atoms with Crippen LogP contribution in [-0.4, -0.2) is 19.0 Å². The molecule has 0 saturated heterocycles. The van der Waals surface area contributed by atoms with Crippen molar-refractivity contribution in [2.24, 2.45) is 0 Å². The minimum absolute atomic E-state index is 1.45. The van der Waals surface area contributed by atoms with Crippen LogP contribution >= 0.6 is 29.3 Å². The second-order valence-electron chi connectivity index (χ2n) is 1.54. The zero-order valence-electron chi connectivity index (χ0n) is 4.91. The van der Waals surface area contributed by atoms with Gasteiger partial charge in [0.2, 0.25) is 6.85 Å². The standard InChI is InChI=1S/C3H3Cl2F4OP/c4-11(5)10-1-3(8,9)2(6)7/h2H,1H2. The van der Waals surface area contributed by atoms with E-state index in [1.807, 2.05) is 0 Å². The van der Waals surface area contributed by atoms with Crippen LogP contribution in [0.4, 0.5) is 17.6 Å². The fourth-order valence-corrected chi connectivity index (χ4v) is 0.760. The van der Waals surface area contributed by atoms with Crippen molar-refractivity contribution in [1.29, 1.82) is 0 Å². The maximum atomic E-state index is 11.9. The molecule has 0 bridgehead atoms. The summed E-state index contributed by atoms with van der Waals surface area (Å²) in [7, 11) is 0. The molecule has 0 amide bonds. The summed E-state index contributed by atoms with van der Waals surface area (Å²) in [6.07, 6.45) is -3.76. The van der Waals surface area contributed by atoms with Gasteiger partial charge in [0.1, 0.15) is 6.61 Å². The molecule has 0 heterocycles. The van der Waals surface area contributed by atoms with E-state index in [0.717, 1.165) is 0 Å². The number of alkyl halides is 4. The Labute approximate surface area is 71.0 Å². The van der Waals surface area contributed by atoms with Crippen molar-refractivity contribution in [3.63, 3.8) is 0 Å². The van der Waals surface area contributed by atoms with Crippen LogP contribution in [0.2, 0.25) is 0 Å². The first-order chi connectivity index (χ1) is 4.86. The average molecular weight is 233 g/mol. The molecule has 0 unspecified atom stereocenters. The van der Waals surface area contributed by atoms with E-state index in [1.165, 1.54) is 0 Å². The number of halogens is 6. The van der Waals surface area contributed by atoms with Gasteiger partial charge in [0.25, 0.3) is 0 Å². The summed E-state index contributed by atoms with van der Waals surface area (Å²) in [6, 6.07) is 0. The maximum Gasteiger partial charge on any atom is 0.330 e. The Morgan fingerprint density at radius 2 is 1.82 bits per heavy atom. The van der Waals surface area contributed by atoms with Gasteiger partial charge in [-0.3, -0.25) is 0 Å². The van der Waals surface area contributed by atoms with Crippen LogP contribution in [0.15, 0.2) is 0 Å². The molecule has 0 aromatic carbocycles. The molecule has 0 spiro atoms. The molecule has 0 fully saturated rings. The predicted molar refractivity (Wildman–Crippen MR) is 35.5 cm³/mol. The topological polar surface area (TPSA) is 9.23 Å². The molecule has 0 radical (unpaired) electrons. The first-order valence-electron chi connectivity index (χ1n) is 2.27. The highest BCUT2D eigenvalue weighted by atomic mass is 35.9. The van der Waals surface area contributed by atoms with Crippen LogP contribution in [-0.2, 0) is 4.52 Å². The van der Waals surface area contributed by atoms with Gasteiger partial charge in [0.05, 0.1) is 0 Å². The quantitative estimate of drug-likeness (QED) is 0.532. The van der Waals surface area contributed by atoms with E-state index in [2.05, 4.69) is 4.52 Å². The Morgan fingerprint density at radius 3 is 2.09 bits per heavy atom. The minimum Gasteiger partial charge on any atom is -0.325 e. The van der Waals surface area contributed by atoms with Gasteiger partial charge >= 0.3 is 12.3 Å². The smallest absolute Gasteiger partial charge is 0.325 e. The SMILES string of the molecule is FC(F)C(F)(F)COP(Cl)Cl. The lowest BCUT2D eigenvalue weighted by molar-refractivity contribution is -0.146. The van der Waals surface area contributed by atoms with Crippen LogP contribution in [0.5, 0.6) is 0 Å². The lowest BCUT2D eigenvalue weighted by Crippen LogP contribution is -2.31. The van der Waals surface area contributed by atoms with Gasteiger partial charge in [-0.25, -0.2) is 8.78 Å². The molecule has 0 aliphatic heterocycles. The molecule has 68 valence electrons. The highest BCUT2D eigenvalue weighted by molar-refractivity contribution is 8.00. The summed E-state index contributed by atoms with van der Waals surface area (Å²) in [5.41, 5.74) is 0. The van der Waals surface area contributed by atoms with Crippen molar-refractivity contribution in [3.8, 4) is 0 Å². The Balaban J connectivity index is 3.73. The zero-order chi connectivity index (χ0) is 9.07. The molecule has 8 heteroatoms. The summed E-state index contributed by atoms with van der Waals surface area (Å²) in [5.74, 6) is -4.18. The predicted octanol–water partition coefficient (Wildman–Crippen LogP) is 3.61. The Morgan fingerprint density at radius 1 is 1.36 bits per heavy atom. The Kier molecular flexibility index (Phi) is 4.94. The molecule has 0 N–H and O–H groups in total. The fraction of sp³-hybridized carbons (Fsp3) is 1.00. The summed E-state index contributed by atoms with van der Waals surface area (Å²) in [6.45, 7) is -3.51. The van der Waals surface area contributed by atoms with Crippen molar-refractivity contribution >= 4 is 29.3 Å². The molecular formula is C3H3Cl2F4OP. The summed E-state index contributed by atoms with van der Waals surface area (Å²) in [4.78, 5) is 0. The third-order valence-corrected chi connectivity index (χ3v) is 1.58. The second kappa shape index (κ2) is 4.65. The van der Waals surface area contributed by atoms with Crippen LogP contribution < -0.4 is 0 Å². The van der Waals surface area contributed by atoms with E-state index < -0.39 is 25.8 Å². The van der Waals surface area contributed by atoms with Gasteiger partial charge in [-0.15, -0.1) is 0 Å². The normalized spacial score (nSPS) is 13.1. The monoisotopic (exact) mass is 232 g/mol. The molecule has 11 heavy (non-hydrogen) atoms. The van der Waals surface area contributed by atoms with Crippen LogP contribution in [0.1, 0.15) is 0 Å². The van der Waals surface area contributed by atoms with Crippen molar-refractivity contribution in [2.45, 2.75) is 12.3 Å². The second-order valence-corrected chi connectivity index (χ2v) is 4.56. The zero-order valence-corrected chi connectivity index (χ0v) is 7.31. The lowest BCUT2D eigenvalue weighted by Gasteiger charge is -2.14. The number of hydrogen-bond acceptors (Lipinski definition) is 1. The first-order valence-corrected chi connectivity index (χ1v) is 5.34. The molecule has 0 aliphatic carbocycles. The molecule has 0 aromatic rings. The van der Waals surface area contributed by atoms with E-state index in [4.69, 9.17) is 22.5 Å². The van der Waals surface area contributed by atoms with Crippen molar-refractivity contribution < 1.29 is 22.1 Å². The molecule has 1 nitrogen and oxygen atoms in total.